The van der Waals surface area contributed by atoms with Crippen LogP contribution in [0.3, 0.4) is 0 Å². The molecule has 0 fully saturated rings. The fourth-order valence-electron chi connectivity index (χ4n) is 2.52. The van der Waals surface area contributed by atoms with Crippen LogP contribution in [0.15, 0.2) is 48.8 Å². The Hall–Kier alpha value is -3.00. The van der Waals surface area contributed by atoms with Gasteiger partial charge in [0.1, 0.15) is 0 Å². The van der Waals surface area contributed by atoms with Crippen LogP contribution in [0.1, 0.15) is 16.1 Å². The Kier molecular flexibility index (Phi) is 5.60. The molecule has 2 aromatic heterocycles. The number of aryl methyl sites for hydroxylation is 1. The molecule has 0 atom stereocenters. The number of aromatic amines is 1. The highest BCUT2D eigenvalue weighted by molar-refractivity contribution is 6.30. The Bertz CT molecular complexity index is 985. The molecular formula is C19H15ClF3N3O2. The third kappa shape index (κ3) is 4.83. The molecule has 1 amide bonds. The number of ether oxygens (including phenoxy) is 1. The minimum atomic E-state index is -4.50. The zero-order chi connectivity index (χ0) is 20.3. The van der Waals surface area contributed by atoms with Crippen molar-refractivity contribution in [3.8, 4) is 17.0 Å². The summed E-state index contributed by atoms with van der Waals surface area (Å²) in [6.45, 7) is 0.273. The predicted octanol–water partition coefficient (Wildman–Crippen LogP) is 5.23. The normalized spacial score (nSPS) is 11.3. The van der Waals surface area contributed by atoms with Gasteiger partial charge in [0, 0.05) is 22.5 Å². The highest BCUT2D eigenvalue weighted by Gasteiger charge is 2.29. The third-order valence-electron chi connectivity index (χ3n) is 3.84. The van der Waals surface area contributed by atoms with Crippen LogP contribution in [0.2, 0.25) is 5.02 Å². The molecule has 2 heterocycles. The highest BCUT2D eigenvalue weighted by Crippen LogP contribution is 2.32. The summed E-state index contributed by atoms with van der Waals surface area (Å²) in [6, 6.07) is 9.57. The first-order valence-corrected chi connectivity index (χ1v) is 8.51. The van der Waals surface area contributed by atoms with Gasteiger partial charge < -0.3 is 15.0 Å². The van der Waals surface area contributed by atoms with Crippen LogP contribution < -0.4 is 10.1 Å². The van der Waals surface area contributed by atoms with Crippen molar-refractivity contribution in [3.05, 3.63) is 65.1 Å². The lowest BCUT2D eigenvalue weighted by Crippen LogP contribution is -2.20. The molecule has 3 rings (SSSR count). The van der Waals surface area contributed by atoms with Crippen LogP contribution in [-0.4, -0.2) is 28.7 Å². The number of hydrogen-bond donors (Lipinski definition) is 2. The average molecular weight is 410 g/mol. The molecule has 146 valence electrons. The summed E-state index contributed by atoms with van der Waals surface area (Å²) in [6.07, 6.45) is -1.63. The summed E-state index contributed by atoms with van der Waals surface area (Å²) < 4.78 is 42.5. The van der Waals surface area contributed by atoms with Crippen molar-refractivity contribution in [3.63, 3.8) is 0 Å². The minimum Gasteiger partial charge on any atom is -0.468 e. The Morgan fingerprint density at radius 3 is 2.57 bits per heavy atom. The number of alkyl halides is 3. The zero-order valence-corrected chi connectivity index (χ0v) is 15.4. The standard InChI is InChI=1S/C19H15ClF3N3O2/c1-11-15(6-7-24-11)17(27)26-14-8-16(12-2-4-13(20)5-3-12)18(25-9-14)28-10-19(21,22)23/h2-9,24H,10H2,1H3,(H,26,27). The first kappa shape index (κ1) is 19.8. The monoisotopic (exact) mass is 409 g/mol. The van der Waals surface area contributed by atoms with Crippen molar-refractivity contribution < 1.29 is 22.7 Å². The Morgan fingerprint density at radius 2 is 1.96 bits per heavy atom. The smallest absolute Gasteiger partial charge is 0.422 e. The van der Waals surface area contributed by atoms with Crippen molar-refractivity contribution in [2.45, 2.75) is 13.1 Å². The highest BCUT2D eigenvalue weighted by atomic mass is 35.5. The van der Waals surface area contributed by atoms with E-state index in [0.717, 1.165) is 0 Å². The van der Waals surface area contributed by atoms with Crippen molar-refractivity contribution in [2.24, 2.45) is 0 Å². The maximum Gasteiger partial charge on any atom is 0.422 e. The number of aromatic nitrogens is 2. The number of anilines is 1. The molecule has 0 spiro atoms. The predicted molar refractivity (Wildman–Crippen MR) is 99.7 cm³/mol. The lowest BCUT2D eigenvalue weighted by molar-refractivity contribution is -0.154. The Labute approximate surface area is 163 Å². The number of halogens is 4. The maximum absolute atomic E-state index is 12.5. The lowest BCUT2D eigenvalue weighted by atomic mass is 10.1. The van der Waals surface area contributed by atoms with Gasteiger partial charge in [0.2, 0.25) is 5.88 Å². The molecule has 2 N–H and O–H groups in total. The number of carbonyl (C=O) groups is 1. The molecular weight excluding hydrogens is 395 g/mol. The van der Waals surface area contributed by atoms with Gasteiger partial charge in [-0.2, -0.15) is 13.2 Å². The molecule has 0 saturated carbocycles. The molecule has 5 nitrogen and oxygen atoms in total. The zero-order valence-electron chi connectivity index (χ0n) is 14.6. The van der Waals surface area contributed by atoms with E-state index in [9.17, 15) is 18.0 Å². The molecule has 28 heavy (non-hydrogen) atoms. The largest absolute Gasteiger partial charge is 0.468 e. The van der Waals surface area contributed by atoms with E-state index in [1.807, 2.05) is 0 Å². The van der Waals surface area contributed by atoms with E-state index in [0.29, 0.717) is 33.1 Å². The number of nitrogens with zero attached hydrogens (tertiary/aromatic N) is 1. The number of nitrogens with one attached hydrogen (secondary N) is 2. The first-order chi connectivity index (χ1) is 13.2. The van der Waals surface area contributed by atoms with E-state index < -0.39 is 12.8 Å². The number of rotatable bonds is 5. The van der Waals surface area contributed by atoms with Crippen molar-refractivity contribution in [2.75, 3.05) is 11.9 Å². The van der Waals surface area contributed by atoms with Crippen LogP contribution in [0.4, 0.5) is 18.9 Å². The lowest BCUT2D eigenvalue weighted by Gasteiger charge is -2.14. The van der Waals surface area contributed by atoms with E-state index in [1.165, 1.54) is 12.3 Å². The summed E-state index contributed by atoms with van der Waals surface area (Å²) >= 11 is 5.88. The van der Waals surface area contributed by atoms with Crippen LogP contribution in [0.5, 0.6) is 5.88 Å². The van der Waals surface area contributed by atoms with Gasteiger partial charge in [-0.1, -0.05) is 23.7 Å². The maximum atomic E-state index is 12.5. The quantitative estimate of drug-likeness (QED) is 0.606. The van der Waals surface area contributed by atoms with Crippen molar-refractivity contribution >= 4 is 23.2 Å². The van der Waals surface area contributed by atoms with E-state index in [2.05, 4.69) is 15.3 Å². The van der Waals surface area contributed by atoms with Gasteiger partial charge in [0.15, 0.2) is 6.61 Å². The van der Waals surface area contributed by atoms with E-state index in [1.54, 1.807) is 43.5 Å². The van der Waals surface area contributed by atoms with Crippen LogP contribution in [0.25, 0.3) is 11.1 Å². The van der Waals surface area contributed by atoms with E-state index >= 15 is 0 Å². The Balaban J connectivity index is 1.92. The van der Waals surface area contributed by atoms with Crippen LogP contribution in [-0.2, 0) is 0 Å². The molecule has 1 aromatic carbocycles. The molecule has 0 aliphatic carbocycles. The Morgan fingerprint density at radius 1 is 1.25 bits per heavy atom. The number of amides is 1. The second-order valence-electron chi connectivity index (χ2n) is 5.96. The number of hydrogen-bond acceptors (Lipinski definition) is 3. The second kappa shape index (κ2) is 7.93. The van der Waals surface area contributed by atoms with Gasteiger partial charge in [0.25, 0.3) is 5.91 Å². The summed E-state index contributed by atoms with van der Waals surface area (Å²) in [5, 5.41) is 3.15. The van der Waals surface area contributed by atoms with E-state index in [-0.39, 0.29) is 11.8 Å². The molecule has 0 aliphatic heterocycles. The molecule has 0 aliphatic rings. The SMILES string of the molecule is Cc1[nH]ccc1C(=O)Nc1cnc(OCC(F)(F)F)c(-c2ccc(Cl)cc2)c1. The number of H-pyrrole nitrogens is 1. The third-order valence-corrected chi connectivity index (χ3v) is 4.09. The van der Waals surface area contributed by atoms with Crippen molar-refractivity contribution in [1.29, 1.82) is 0 Å². The number of pyridine rings is 1. The molecule has 0 radical (unpaired) electrons. The molecule has 0 unspecified atom stereocenters. The minimum absolute atomic E-state index is 0.199. The first-order valence-electron chi connectivity index (χ1n) is 8.14. The van der Waals surface area contributed by atoms with E-state index in [4.69, 9.17) is 16.3 Å². The van der Waals surface area contributed by atoms with Gasteiger partial charge in [0.05, 0.1) is 17.4 Å². The summed E-state index contributed by atoms with van der Waals surface area (Å²) in [5.41, 5.74) is 2.29. The fourth-order valence-corrected chi connectivity index (χ4v) is 2.65. The van der Waals surface area contributed by atoms with Crippen LogP contribution >= 0.6 is 11.6 Å². The molecule has 3 aromatic rings. The van der Waals surface area contributed by atoms with Gasteiger partial charge >= 0.3 is 6.18 Å². The van der Waals surface area contributed by atoms with Crippen molar-refractivity contribution in [1.82, 2.24) is 9.97 Å². The van der Waals surface area contributed by atoms with Gasteiger partial charge in [-0.25, -0.2) is 4.98 Å². The van der Waals surface area contributed by atoms with Gasteiger partial charge in [-0.05, 0) is 36.8 Å². The summed E-state index contributed by atoms with van der Waals surface area (Å²) in [5.74, 6) is -0.568. The summed E-state index contributed by atoms with van der Waals surface area (Å²) in [7, 11) is 0. The topological polar surface area (TPSA) is 67.0 Å². The molecule has 0 bridgehead atoms. The second-order valence-corrected chi connectivity index (χ2v) is 6.39. The molecule has 0 saturated heterocycles. The van der Waals surface area contributed by atoms with Crippen LogP contribution in [0, 0.1) is 6.92 Å². The van der Waals surface area contributed by atoms with Gasteiger partial charge in [-0.15, -0.1) is 0 Å². The number of carbonyl (C=O) groups excluding carboxylic acids is 1. The summed E-state index contributed by atoms with van der Waals surface area (Å²) in [4.78, 5) is 19.2. The van der Waals surface area contributed by atoms with Gasteiger partial charge in [-0.3, -0.25) is 4.79 Å². The molecule has 9 heteroatoms. The number of benzene rings is 1. The fraction of sp³-hybridized carbons (Fsp3) is 0.158. The average Bonchev–Trinajstić information content (AvgIpc) is 3.06.